The van der Waals surface area contributed by atoms with Crippen LogP contribution in [0.15, 0.2) is 42.6 Å². The molecule has 1 unspecified atom stereocenters. The van der Waals surface area contributed by atoms with Gasteiger partial charge in [-0.25, -0.2) is 14.2 Å². The zero-order chi connectivity index (χ0) is 16.9. The monoisotopic (exact) mass is 349 g/mol. The predicted octanol–water partition coefficient (Wildman–Crippen LogP) is 3.81. The quantitative estimate of drug-likeness (QED) is 0.913. The molecule has 126 valence electrons. The van der Waals surface area contributed by atoms with Crippen LogP contribution in [0.25, 0.3) is 0 Å². The fourth-order valence-electron chi connectivity index (χ4n) is 2.56. The van der Waals surface area contributed by atoms with Crippen molar-refractivity contribution in [2.45, 2.75) is 6.42 Å². The Labute approximate surface area is 144 Å². The summed E-state index contributed by atoms with van der Waals surface area (Å²) in [7, 11) is 0. The summed E-state index contributed by atoms with van der Waals surface area (Å²) in [6.45, 7) is 1.69. The molecule has 0 aliphatic carbocycles. The second-order valence-corrected chi connectivity index (χ2v) is 6.04. The molecule has 1 atom stereocenters. The Kier molecular flexibility index (Phi) is 5.15. The number of rotatable bonds is 4. The smallest absolute Gasteiger partial charge is 0.321 e. The molecule has 1 aromatic carbocycles. The lowest BCUT2D eigenvalue weighted by molar-refractivity contribution is 0.212. The van der Waals surface area contributed by atoms with Crippen LogP contribution in [0, 0.1) is 11.7 Å². The number of pyridine rings is 1. The van der Waals surface area contributed by atoms with Crippen molar-refractivity contribution < 1.29 is 13.9 Å². The van der Waals surface area contributed by atoms with Gasteiger partial charge in [0.05, 0.1) is 23.5 Å². The van der Waals surface area contributed by atoms with Crippen LogP contribution in [-0.2, 0) is 0 Å². The van der Waals surface area contributed by atoms with Crippen molar-refractivity contribution in [3.05, 3.63) is 53.4 Å². The van der Waals surface area contributed by atoms with E-state index in [1.54, 1.807) is 17.0 Å². The lowest BCUT2D eigenvalue weighted by atomic mass is 10.1. The number of benzene rings is 1. The largest absolute Gasteiger partial charge is 0.477 e. The zero-order valence-corrected chi connectivity index (χ0v) is 13.7. The minimum absolute atomic E-state index is 0.175. The Balaban J connectivity index is 1.49. The first-order chi connectivity index (χ1) is 11.6. The van der Waals surface area contributed by atoms with E-state index in [-0.39, 0.29) is 11.9 Å². The van der Waals surface area contributed by atoms with Gasteiger partial charge in [0.25, 0.3) is 0 Å². The number of halogens is 2. The Hall–Kier alpha value is -2.34. The van der Waals surface area contributed by atoms with Gasteiger partial charge in [-0.05, 0) is 24.6 Å². The van der Waals surface area contributed by atoms with Crippen LogP contribution in [-0.4, -0.2) is 35.6 Å². The van der Waals surface area contributed by atoms with E-state index < -0.39 is 5.82 Å². The van der Waals surface area contributed by atoms with Gasteiger partial charge in [0, 0.05) is 25.1 Å². The van der Waals surface area contributed by atoms with Gasteiger partial charge in [0.15, 0.2) is 0 Å². The van der Waals surface area contributed by atoms with Gasteiger partial charge in [-0.2, -0.15) is 0 Å². The first kappa shape index (κ1) is 16.5. The minimum Gasteiger partial charge on any atom is -0.477 e. The molecule has 1 aliphatic heterocycles. The summed E-state index contributed by atoms with van der Waals surface area (Å²) in [5.41, 5.74) is 0.597. The number of amides is 2. The molecule has 1 saturated heterocycles. The molecule has 3 rings (SSSR count). The fourth-order valence-corrected chi connectivity index (χ4v) is 2.74. The van der Waals surface area contributed by atoms with Crippen molar-refractivity contribution in [2.24, 2.45) is 5.92 Å². The molecule has 2 aromatic rings. The maximum atomic E-state index is 12.8. The van der Waals surface area contributed by atoms with Crippen LogP contribution in [0.4, 0.5) is 14.9 Å². The Morgan fingerprint density at radius 3 is 2.96 bits per heavy atom. The summed E-state index contributed by atoms with van der Waals surface area (Å²) in [5.74, 6) is 0.204. The highest BCUT2D eigenvalue weighted by atomic mass is 35.5. The molecule has 1 N–H and O–H groups in total. The van der Waals surface area contributed by atoms with Crippen molar-refractivity contribution in [3.8, 4) is 5.88 Å². The number of nitrogens with one attached hydrogen (secondary N) is 1. The number of ether oxygens (including phenoxy) is 1. The van der Waals surface area contributed by atoms with Crippen molar-refractivity contribution in [1.29, 1.82) is 0 Å². The van der Waals surface area contributed by atoms with E-state index in [2.05, 4.69) is 10.3 Å². The zero-order valence-electron chi connectivity index (χ0n) is 12.9. The molecule has 0 bridgehead atoms. The van der Waals surface area contributed by atoms with Gasteiger partial charge in [-0.1, -0.05) is 23.7 Å². The molecule has 1 aromatic heterocycles. The van der Waals surface area contributed by atoms with E-state index in [9.17, 15) is 9.18 Å². The number of para-hydroxylation sites is 1. The second-order valence-electron chi connectivity index (χ2n) is 5.64. The number of hydrogen-bond acceptors (Lipinski definition) is 3. The average molecular weight is 350 g/mol. The lowest BCUT2D eigenvalue weighted by Gasteiger charge is -2.18. The molecule has 1 aliphatic rings. The van der Waals surface area contributed by atoms with Gasteiger partial charge in [-0.15, -0.1) is 0 Å². The number of urea groups is 1. The summed E-state index contributed by atoms with van der Waals surface area (Å²) < 4.78 is 18.3. The molecule has 7 heteroatoms. The van der Waals surface area contributed by atoms with Gasteiger partial charge >= 0.3 is 6.03 Å². The van der Waals surface area contributed by atoms with Gasteiger partial charge in [0.1, 0.15) is 5.82 Å². The van der Waals surface area contributed by atoms with E-state index >= 15 is 0 Å². The number of likely N-dealkylation sites (tertiary alicyclic amines) is 1. The van der Waals surface area contributed by atoms with Crippen LogP contribution < -0.4 is 10.1 Å². The number of anilines is 1. The molecule has 2 heterocycles. The number of hydrogen-bond donors (Lipinski definition) is 1. The molecular formula is C17H17ClFN3O2. The third-order valence-electron chi connectivity index (χ3n) is 3.86. The predicted molar refractivity (Wildman–Crippen MR) is 89.8 cm³/mol. The van der Waals surface area contributed by atoms with Gasteiger partial charge in [0.2, 0.25) is 5.88 Å². The second kappa shape index (κ2) is 7.49. The standard InChI is InChI=1S/C17H17ClFN3O2/c18-14-3-1-2-4-15(14)21-17(23)22-8-7-12(10-22)11-24-16-6-5-13(19)9-20-16/h1-6,9,12H,7-8,10-11H2,(H,21,23). The topological polar surface area (TPSA) is 54.5 Å². The highest BCUT2D eigenvalue weighted by Crippen LogP contribution is 2.23. The van der Waals surface area contributed by atoms with Crippen LogP contribution in [0.3, 0.4) is 0 Å². The summed E-state index contributed by atoms with van der Waals surface area (Å²) in [6.07, 6.45) is 1.96. The Morgan fingerprint density at radius 2 is 2.21 bits per heavy atom. The normalized spacial score (nSPS) is 16.9. The van der Waals surface area contributed by atoms with Gasteiger partial charge in [-0.3, -0.25) is 0 Å². The Morgan fingerprint density at radius 1 is 1.38 bits per heavy atom. The molecule has 1 fully saturated rings. The molecular weight excluding hydrogens is 333 g/mol. The number of nitrogens with zero attached hydrogens (tertiary/aromatic N) is 2. The Bertz CT molecular complexity index is 711. The highest BCUT2D eigenvalue weighted by Gasteiger charge is 2.27. The first-order valence-electron chi connectivity index (χ1n) is 7.66. The van der Waals surface area contributed by atoms with Crippen molar-refractivity contribution >= 4 is 23.3 Å². The number of aromatic nitrogens is 1. The molecule has 0 radical (unpaired) electrons. The maximum Gasteiger partial charge on any atom is 0.321 e. The highest BCUT2D eigenvalue weighted by molar-refractivity contribution is 6.33. The summed E-state index contributed by atoms with van der Waals surface area (Å²) >= 11 is 6.05. The average Bonchev–Trinajstić information content (AvgIpc) is 3.06. The van der Waals surface area contributed by atoms with E-state index in [1.165, 1.54) is 12.1 Å². The molecule has 0 spiro atoms. The van der Waals surface area contributed by atoms with Crippen LogP contribution in [0.1, 0.15) is 6.42 Å². The van der Waals surface area contributed by atoms with E-state index in [0.717, 1.165) is 12.6 Å². The summed E-state index contributed by atoms with van der Waals surface area (Å²) in [4.78, 5) is 17.9. The van der Waals surface area contributed by atoms with Crippen molar-refractivity contribution in [3.63, 3.8) is 0 Å². The minimum atomic E-state index is -0.398. The van der Waals surface area contributed by atoms with E-state index in [4.69, 9.17) is 16.3 Å². The van der Waals surface area contributed by atoms with Crippen molar-refractivity contribution in [2.75, 3.05) is 25.0 Å². The fraction of sp³-hybridized carbons (Fsp3) is 0.294. The number of carbonyl (C=O) groups is 1. The van der Waals surface area contributed by atoms with Crippen LogP contribution >= 0.6 is 11.6 Å². The van der Waals surface area contributed by atoms with Crippen LogP contribution in [0.2, 0.25) is 5.02 Å². The van der Waals surface area contributed by atoms with E-state index in [1.807, 2.05) is 12.1 Å². The summed E-state index contributed by atoms with van der Waals surface area (Å²) in [6, 6.07) is 9.74. The van der Waals surface area contributed by atoms with Crippen molar-refractivity contribution in [1.82, 2.24) is 9.88 Å². The van der Waals surface area contributed by atoms with Gasteiger partial charge < -0.3 is 15.0 Å². The molecule has 24 heavy (non-hydrogen) atoms. The molecule has 2 amide bonds. The number of carbonyl (C=O) groups excluding carboxylic acids is 1. The molecule has 5 nitrogen and oxygen atoms in total. The first-order valence-corrected chi connectivity index (χ1v) is 8.04. The third kappa shape index (κ3) is 4.14. The van der Waals surface area contributed by atoms with Crippen LogP contribution in [0.5, 0.6) is 5.88 Å². The van der Waals surface area contributed by atoms with E-state index in [0.29, 0.717) is 36.3 Å². The summed E-state index contributed by atoms with van der Waals surface area (Å²) in [5, 5.41) is 3.32. The lowest BCUT2D eigenvalue weighted by Crippen LogP contribution is -2.33. The third-order valence-corrected chi connectivity index (χ3v) is 4.19. The SMILES string of the molecule is O=C(Nc1ccccc1Cl)N1CCC(COc2ccc(F)cn2)C1. The maximum absolute atomic E-state index is 12.8. The molecule has 0 saturated carbocycles.